The molecular formula is C29H23BCl2F2N4O12. The second-order valence-corrected chi connectivity index (χ2v) is 11.7. The number of nitrogens with one attached hydrogen (secondary N) is 2. The number of urea groups is 1. The van der Waals surface area contributed by atoms with Gasteiger partial charge in [-0.25, -0.2) is 18.4 Å². The second-order valence-electron chi connectivity index (χ2n) is 11.0. The standard InChI is InChI=1S/C29H23BCl2F2N4O12/c31-18-11(2-4-15(39)22(18)41)9-37-5-6-38(27(45)26(37)44)29(48)36-20(12-8-14(34)21(40)23(42)19(12)32)25(43)35-16-7-10-1-3-13(33)17(28(46)47)24(10)50-30(16)49/h1-4,8,16,20,39-42,49H,5-7,9H2,(H,35,43)(H,36,48)(H,46,47)/t16-,20?/m0/s1. The van der Waals surface area contributed by atoms with E-state index in [9.17, 15) is 63.3 Å². The Hall–Kier alpha value is -5.53. The van der Waals surface area contributed by atoms with Crippen molar-refractivity contribution in [2.24, 2.45) is 0 Å². The fourth-order valence-corrected chi connectivity index (χ4v) is 5.76. The Morgan fingerprint density at radius 3 is 2.34 bits per heavy atom. The van der Waals surface area contributed by atoms with Crippen LogP contribution in [0.1, 0.15) is 33.1 Å². The number of nitrogens with zero attached hydrogens (tertiary/aromatic N) is 2. The third-order valence-electron chi connectivity index (χ3n) is 7.88. The summed E-state index contributed by atoms with van der Waals surface area (Å²) in [6, 6.07) is 1.41. The molecule has 2 aliphatic rings. The number of aromatic carboxylic acids is 1. The predicted molar refractivity (Wildman–Crippen MR) is 166 cm³/mol. The van der Waals surface area contributed by atoms with E-state index in [1.807, 2.05) is 0 Å². The van der Waals surface area contributed by atoms with Crippen LogP contribution in [0.15, 0.2) is 30.3 Å². The first-order chi connectivity index (χ1) is 23.5. The van der Waals surface area contributed by atoms with E-state index < -0.39 is 112 Å². The topological polar surface area (TPSA) is 246 Å². The van der Waals surface area contributed by atoms with Gasteiger partial charge < -0.3 is 50.7 Å². The third kappa shape index (κ3) is 6.57. The van der Waals surface area contributed by atoms with E-state index in [4.69, 9.17) is 27.9 Å². The Morgan fingerprint density at radius 1 is 0.960 bits per heavy atom. The smallest absolute Gasteiger partial charge is 0.534 e. The van der Waals surface area contributed by atoms with Crippen LogP contribution in [0.3, 0.4) is 0 Å². The molecule has 2 atom stereocenters. The van der Waals surface area contributed by atoms with Crippen LogP contribution in [0.2, 0.25) is 10.0 Å². The molecule has 0 aliphatic carbocycles. The number of carbonyl (C=O) groups excluding carboxylic acids is 4. The monoisotopic (exact) mass is 738 g/mol. The molecule has 0 saturated carbocycles. The Kier molecular flexibility index (Phi) is 9.85. The summed E-state index contributed by atoms with van der Waals surface area (Å²) in [6.07, 6.45) is -0.343. The fraction of sp³-hybridized carbons (Fsp3) is 0.207. The summed E-state index contributed by atoms with van der Waals surface area (Å²) in [5, 5.41) is 62.7. The summed E-state index contributed by atoms with van der Waals surface area (Å²) in [6.45, 7) is -1.04. The number of imide groups is 1. The van der Waals surface area contributed by atoms with Crippen LogP contribution >= 0.6 is 23.2 Å². The minimum atomic E-state index is -2.09. The number of carboxylic acid groups (broad SMARTS) is 1. The van der Waals surface area contributed by atoms with Gasteiger partial charge in [-0.2, -0.15) is 0 Å². The highest BCUT2D eigenvalue weighted by Gasteiger charge is 2.42. The van der Waals surface area contributed by atoms with Crippen molar-refractivity contribution in [3.8, 4) is 28.7 Å². The number of rotatable bonds is 7. The van der Waals surface area contributed by atoms with Gasteiger partial charge in [-0.1, -0.05) is 35.3 Å². The summed E-state index contributed by atoms with van der Waals surface area (Å²) in [7, 11) is -1.99. The highest BCUT2D eigenvalue weighted by Crippen LogP contribution is 2.41. The van der Waals surface area contributed by atoms with Crippen molar-refractivity contribution in [3.63, 3.8) is 0 Å². The van der Waals surface area contributed by atoms with Gasteiger partial charge in [0.2, 0.25) is 5.91 Å². The molecule has 21 heteroatoms. The molecular weight excluding hydrogens is 716 g/mol. The van der Waals surface area contributed by atoms with Crippen molar-refractivity contribution in [1.29, 1.82) is 0 Å². The summed E-state index contributed by atoms with van der Waals surface area (Å²) in [5.74, 6) is -13.8. The van der Waals surface area contributed by atoms with E-state index in [2.05, 4.69) is 10.6 Å². The zero-order valence-electron chi connectivity index (χ0n) is 25.0. The van der Waals surface area contributed by atoms with Gasteiger partial charge in [0.25, 0.3) is 0 Å². The Labute approximate surface area is 289 Å². The van der Waals surface area contributed by atoms with Crippen LogP contribution in [0.5, 0.6) is 28.7 Å². The molecule has 1 fully saturated rings. The lowest BCUT2D eigenvalue weighted by molar-refractivity contribution is -0.154. The van der Waals surface area contributed by atoms with E-state index in [0.29, 0.717) is 11.0 Å². The number of carboxylic acids is 1. The molecule has 0 spiro atoms. The van der Waals surface area contributed by atoms with Crippen LogP contribution in [-0.4, -0.2) is 96.2 Å². The summed E-state index contributed by atoms with van der Waals surface area (Å²) in [5.41, 5.74) is -1.31. The van der Waals surface area contributed by atoms with Crippen molar-refractivity contribution >= 4 is 60.0 Å². The van der Waals surface area contributed by atoms with Crippen molar-refractivity contribution in [3.05, 3.63) is 74.3 Å². The lowest BCUT2D eigenvalue weighted by Crippen LogP contribution is -2.60. The molecule has 0 aromatic heterocycles. The summed E-state index contributed by atoms with van der Waals surface area (Å²) in [4.78, 5) is 66.0. The largest absolute Gasteiger partial charge is 0.547 e. The van der Waals surface area contributed by atoms with E-state index in [1.165, 1.54) is 6.07 Å². The number of phenols is 4. The number of phenolic OH excluding ortho intramolecular Hbond substituents is 4. The van der Waals surface area contributed by atoms with Crippen LogP contribution in [0.4, 0.5) is 13.6 Å². The Morgan fingerprint density at radius 2 is 1.66 bits per heavy atom. The highest BCUT2D eigenvalue weighted by atomic mass is 35.5. The number of hydrogen-bond acceptors (Lipinski definition) is 11. The first-order valence-electron chi connectivity index (χ1n) is 14.2. The third-order valence-corrected chi connectivity index (χ3v) is 8.70. The van der Waals surface area contributed by atoms with Gasteiger partial charge >= 0.3 is 30.9 Å². The van der Waals surface area contributed by atoms with Gasteiger partial charge in [-0.3, -0.25) is 19.3 Å². The van der Waals surface area contributed by atoms with Crippen LogP contribution in [0, 0.1) is 11.6 Å². The zero-order chi connectivity index (χ0) is 36.8. The van der Waals surface area contributed by atoms with Gasteiger partial charge in [-0.05, 0) is 35.7 Å². The molecule has 16 nitrogen and oxygen atoms in total. The van der Waals surface area contributed by atoms with Crippen LogP contribution < -0.4 is 15.3 Å². The molecule has 0 bridgehead atoms. The van der Waals surface area contributed by atoms with Gasteiger partial charge in [0.1, 0.15) is 23.2 Å². The zero-order valence-corrected chi connectivity index (χ0v) is 26.5. The summed E-state index contributed by atoms with van der Waals surface area (Å²) < 4.78 is 33.9. The number of aromatic hydroxyl groups is 4. The first-order valence-corrected chi connectivity index (χ1v) is 15.0. The number of benzene rings is 3. The molecule has 5 rings (SSSR count). The normalized spacial score (nSPS) is 16.4. The Balaban J connectivity index is 1.39. The number of carbonyl (C=O) groups is 5. The Bertz CT molecular complexity index is 1970. The molecule has 0 radical (unpaired) electrons. The molecule has 3 aromatic carbocycles. The number of piperazine rings is 1. The maximum Gasteiger partial charge on any atom is 0.547 e. The van der Waals surface area contributed by atoms with Gasteiger partial charge in [0.05, 0.1) is 16.0 Å². The predicted octanol–water partition coefficient (Wildman–Crippen LogP) is 1.55. The molecule has 50 heavy (non-hydrogen) atoms. The van der Waals surface area contributed by atoms with Crippen LogP contribution in [-0.2, 0) is 27.3 Å². The maximum absolute atomic E-state index is 14.6. The highest BCUT2D eigenvalue weighted by molar-refractivity contribution is 6.47. The molecule has 2 aliphatic heterocycles. The summed E-state index contributed by atoms with van der Waals surface area (Å²) >= 11 is 12.1. The number of amides is 5. The average molecular weight is 739 g/mol. The molecule has 5 amide bonds. The first kappa shape index (κ1) is 35.8. The second kappa shape index (κ2) is 13.8. The molecule has 1 saturated heterocycles. The number of fused-ring (bicyclic) bond motifs is 1. The van der Waals surface area contributed by atoms with Crippen LogP contribution in [0.25, 0.3) is 0 Å². The minimum Gasteiger partial charge on any atom is -0.534 e. The minimum absolute atomic E-state index is 0.0529. The molecule has 3 aromatic rings. The van der Waals surface area contributed by atoms with Gasteiger partial charge in [0, 0.05) is 25.2 Å². The van der Waals surface area contributed by atoms with Crippen molar-refractivity contribution in [1.82, 2.24) is 20.4 Å². The van der Waals surface area contributed by atoms with Crippen molar-refractivity contribution in [2.75, 3.05) is 13.1 Å². The average Bonchev–Trinajstić information content (AvgIpc) is 3.06. The van der Waals surface area contributed by atoms with Gasteiger partial charge in [-0.15, -0.1) is 0 Å². The van der Waals surface area contributed by atoms with E-state index in [0.717, 1.165) is 23.1 Å². The van der Waals surface area contributed by atoms with E-state index >= 15 is 0 Å². The molecule has 8 N–H and O–H groups in total. The van der Waals surface area contributed by atoms with E-state index in [1.54, 1.807) is 0 Å². The molecule has 262 valence electrons. The molecule has 1 unspecified atom stereocenters. The van der Waals surface area contributed by atoms with Gasteiger partial charge in [0.15, 0.2) is 28.8 Å². The maximum atomic E-state index is 14.6. The SMILES string of the molecule is O=C(O)c1c(F)ccc2c1OB(O)[C@@H](NC(=O)C(NC(=O)N1CCN(Cc3ccc(O)c(O)c3Cl)C(=O)C1=O)c1cc(F)c(O)c(O)c1Cl)C2. The lowest BCUT2D eigenvalue weighted by Gasteiger charge is -2.34. The number of hydrogen-bond donors (Lipinski definition) is 8. The van der Waals surface area contributed by atoms with E-state index in [-0.39, 0.29) is 35.7 Å². The van der Waals surface area contributed by atoms with Crippen molar-refractivity contribution in [2.45, 2.75) is 24.9 Å². The molecule has 2 heterocycles. The lowest BCUT2D eigenvalue weighted by atomic mass is 9.72. The fourth-order valence-electron chi connectivity index (χ4n) is 5.29. The van der Waals surface area contributed by atoms with Crippen molar-refractivity contribution < 1.29 is 68.0 Å². The quantitative estimate of drug-likeness (QED) is 0.0978. The number of halogens is 4.